The molecule has 0 saturated heterocycles. The van der Waals surface area contributed by atoms with Gasteiger partial charge in [0.2, 0.25) is 11.5 Å². The van der Waals surface area contributed by atoms with Crippen molar-refractivity contribution in [2.24, 2.45) is 0 Å². The highest BCUT2D eigenvalue weighted by Crippen LogP contribution is 2.38. The average molecular weight is 403 g/mol. The van der Waals surface area contributed by atoms with Gasteiger partial charge in [-0.15, -0.1) is 0 Å². The summed E-state index contributed by atoms with van der Waals surface area (Å²) in [5, 5.41) is 0.785. The van der Waals surface area contributed by atoms with Gasteiger partial charge in [-0.25, -0.2) is 4.98 Å². The first-order valence-corrected chi connectivity index (χ1v) is 9.92. The lowest BCUT2D eigenvalue weighted by atomic mass is 9.96. The van der Waals surface area contributed by atoms with E-state index in [0.29, 0.717) is 23.4 Å². The summed E-state index contributed by atoms with van der Waals surface area (Å²) >= 11 is 0. The maximum Gasteiger partial charge on any atom is 0.297 e. The smallest absolute Gasteiger partial charge is 0.297 e. The SMILES string of the molecule is COc1ccc(C)c2c1N(C(=O)Cn1cnc3c(oc4ccccc43)c1=O)CCC2. The van der Waals surface area contributed by atoms with E-state index in [9.17, 15) is 9.59 Å². The van der Waals surface area contributed by atoms with Crippen LogP contribution in [0.3, 0.4) is 0 Å². The summed E-state index contributed by atoms with van der Waals surface area (Å²) in [5.41, 5.74) is 3.97. The van der Waals surface area contributed by atoms with E-state index in [1.54, 1.807) is 18.1 Å². The van der Waals surface area contributed by atoms with Gasteiger partial charge in [0.05, 0.1) is 19.1 Å². The molecule has 0 aliphatic carbocycles. The molecule has 30 heavy (non-hydrogen) atoms. The van der Waals surface area contributed by atoms with Crippen LogP contribution >= 0.6 is 0 Å². The molecule has 152 valence electrons. The molecule has 0 saturated carbocycles. The number of carbonyl (C=O) groups excluding carboxylic acids is 1. The molecular formula is C23H21N3O4. The van der Waals surface area contributed by atoms with Crippen molar-refractivity contribution in [2.45, 2.75) is 26.3 Å². The van der Waals surface area contributed by atoms with Gasteiger partial charge in [-0.1, -0.05) is 18.2 Å². The van der Waals surface area contributed by atoms with Crippen molar-refractivity contribution in [1.82, 2.24) is 9.55 Å². The molecule has 0 N–H and O–H groups in total. The fourth-order valence-electron chi connectivity index (χ4n) is 4.23. The van der Waals surface area contributed by atoms with Crippen molar-refractivity contribution in [1.29, 1.82) is 0 Å². The highest BCUT2D eigenvalue weighted by molar-refractivity contribution is 6.02. The van der Waals surface area contributed by atoms with E-state index in [-0.39, 0.29) is 23.6 Å². The lowest BCUT2D eigenvalue weighted by Gasteiger charge is -2.32. The van der Waals surface area contributed by atoms with Gasteiger partial charge in [-0.2, -0.15) is 0 Å². The van der Waals surface area contributed by atoms with Crippen LogP contribution in [0.4, 0.5) is 5.69 Å². The molecular weight excluding hydrogens is 382 g/mol. The minimum absolute atomic E-state index is 0.116. The van der Waals surface area contributed by atoms with Gasteiger partial charge in [0.15, 0.2) is 0 Å². The van der Waals surface area contributed by atoms with E-state index in [1.165, 1.54) is 10.9 Å². The van der Waals surface area contributed by atoms with Crippen LogP contribution < -0.4 is 15.2 Å². The number of hydrogen-bond acceptors (Lipinski definition) is 5. The van der Waals surface area contributed by atoms with Crippen LogP contribution in [-0.4, -0.2) is 29.1 Å². The first kappa shape index (κ1) is 18.4. The Balaban J connectivity index is 1.53. The molecule has 0 fully saturated rings. The van der Waals surface area contributed by atoms with Crippen LogP contribution in [0.25, 0.3) is 22.1 Å². The number of benzene rings is 2. The van der Waals surface area contributed by atoms with Crippen LogP contribution in [0.5, 0.6) is 5.75 Å². The fourth-order valence-corrected chi connectivity index (χ4v) is 4.23. The summed E-state index contributed by atoms with van der Waals surface area (Å²) in [5.74, 6) is 0.487. The summed E-state index contributed by atoms with van der Waals surface area (Å²) in [4.78, 5) is 32.3. The first-order valence-electron chi connectivity index (χ1n) is 9.92. The van der Waals surface area contributed by atoms with Crippen LogP contribution in [-0.2, 0) is 17.8 Å². The lowest BCUT2D eigenvalue weighted by molar-refractivity contribution is -0.119. The normalized spacial score (nSPS) is 13.6. The fraction of sp³-hybridized carbons (Fsp3) is 0.261. The summed E-state index contributed by atoms with van der Waals surface area (Å²) in [6, 6.07) is 11.3. The van der Waals surface area contributed by atoms with E-state index >= 15 is 0 Å². The predicted molar refractivity (Wildman–Crippen MR) is 114 cm³/mol. The van der Waals surface area contributed by atoms with Gasteiger partial charge in [0.25, 0.3) is 5.56 Å². The second-order valence-electron chi connectivity index (χ2n) is 7.51. The van der Waals surface area contributed by atoms with Crippen molar-refractivity contribution in [3.8, 4) is 5.75 Å². The zero-order valence-corrected chi connectivity index (χ0v) is 16.8. The molecule has 7 nitrogen and oxygen atoms in total. The van der Waals surface area contributed by atoms with Gasteiger partial charge >= 0.3 is 0 Å². The van der Waals surface area contributed by atoms with Gasteiger partial charge in [-0.3, -0.25) is 14.2 Å². The van der Waals surface area contributed by atoms with Crippen molar-refractivity contribution >= 4 is 33.7 Å². The molecule has 0 unspecified atom stereocenters. The quantitative estimate of drug-likeness (QED) is 0.524. The third kappa shape index (κ3) is 2.77. The van der Waals surface area contributed by atoms with E-state index < -0.39 is 0 Å². The number of ether oxygens (including phenoxy) is 1. The molecule has 1 aliphatic heterocycles. The molecule has 0 radical (unpaired) electrons. The highest BCUT2D eigenvalue weighted by Gasteiger charge is 2.27. The van der Waals surface area contributed by atoms with Crippen LogP contribution in [0.1, 0.15) is 17.5 Å². The third-order valence-electron chi connectivity index (χ3n) is 5.74. The molecule has 0 spiro atoms. The van der Waals surface area contributed by atoms with E-state index in [4.69, 9.17) is 9.15 Å². The number of methoxy groups -OCH3 is 1. The Bertz CT molecular complexity index is 1350. The highest BCUT2D eigenvalue weighted by atomic mass is 16.5. The number of hydrogen-bond donors (Lipinski definition) is 0. The Morgan fingerprint density at radius 2 is 2.07 bits per heavy atom. The number of nitrogens with zero attached hydrogens (tertiary/aromatic N) is 3. The van der Waals surface area contributed by atoms with Crippen LogP contribution in [0.15, 0.2) is 51.9 Å². The number of para-hydroxylation sites is 1. The van der Waals surface area contributed by atoms with Crippen LogP contribution in [0, 0.1) is 6.92 Å². The number of amides is 1. The minimum atomic E-state index is -0.363. The number of anilines is 1. The van der Waals surface area contributed by atoms with E-state index in [1.807, 2.05) is 37.3 Å². The zero-order chi connectivity index (χ0) is 20.8. The van der Waals surface area contributed by atoms with E-state index in [0.717, 1.165) is 35.0 Å². The maximum absolute atomic E-state index is 13.2. The summed E-state index contributed by atoms with van der Waals surface area (Å²) in [7, 11) is 1.60. The summed E-state index contributed by atoms with van der Waals surface area (Å²) in [6.45, 7) is 2.51. The van der Waals surface area contributed by atoms with Gasteiger partial charge in [0.1, 0.15) is 23.4 Å². The molecule has 0 bridgehead atoms. The van der Waals surface area contributed by atoms with Crippen molar-refractivity contribution < 1.29 is 13.9 Å². The monoisotopic (exact) mass is 403 g/mol. The Kier molecular flexibility index (Phi) is 4.31. The Hall–Kier alpha value is -3.61. The second-order valence-corrected chi connectivity index (χ2v) is 7.51. The predicted octanol–water partition coefficient (Wildman–Crippen LogP) is 3.44. The van der Waals surface area contributed by atoms with Crippen LogP contribution in [0.2, 0.25) is 0 Å². The average Bonchev–Trinajstić information content (AvgIpc) is 3.15. The molecule has 1 amide bonds. The summed E-state index contributed by atoms with van der Waals surface area (Å²) in [6.07, 6.45) is 3.18. The zero-order valence-electron chi connectivity index (χ0n) is 16.8. The number of rotatable bonds is 3. The Morgan fingerprint density at radius 1 is 1.23 bits per heavy atom. The lowest BCUT2D eigenvalue weighted by Crippen LogP contribution is -2.40. The molecule has 5 rings (SSSR count). The van der Waals surface area contributed by atoms with Gasteiger partial charge < -0.3 is 14.1 Å². The molecule has 1 aliphatic rings. The number of aromatic nitrogens is 2. The largest absolute Gasteiger partial charge is 0.495 e. The number of aryl methyl sites for hydroxylation is 1. The molecule has 0 atom stereocenters. The number of furan rings is 1. The molecule has 2 aromatic carbocycles. The van der Waals surface area contributed by atoms with Crippen molar-refractivity contribution in [3.05, 3.63) is 64.2 Å². The molecule has 7 heteroatoms. The molecule has 3 heterocycles. The molecule has 2 aromatic heterocycles. The van der Waals surface area contributed by atoms with Crippen molar-refractivity contribution in [2.75, 3.05) is 18.6 Å². The van der Waals surface area contributed by atoms with Crippen molar-refractivity contribution in [3.63, 3.8) is 0 Å². The topological polar surface area (TPSA) is 77.6 Å². The van der Waals surface area contributed by atoms with E-state index in [2.05, 4.69) is 4.98 Å². The Labute approximate surface area is 172 Å². The first-order chi connectivity index (χ1) is 14.6. The third-order valence-corrected chi connectivity index (χ3v) is 5.74. The number of fused-ring (bicyclic) bond motifs is 4. The van der Waals surface area contributed by atoms with Gasteiger partial charge in [0, 0.05) is 11.9 Å². The molecule has 4 aromatic rings. The minimum Gasteiger partial charge on any atom is -0.495 e. The second kappa shape index (κ2) is 7.02. The Morgan fingerprint density at radius 3 is 2.90 bits per heavy atom. The van der Waals surface area contributed by atoms with Gasteiger partial charge in [-0.05, 0) is 49.1 Å². The summed E-state index contributed by atoms with van der Waals surface area (Å²) < 4.78 is 12.6. The maximum atomic E-state index is 13.2. The number of carbonyl (C=O) groups is 1. The standard InChI is InChI=1S/C23H21N3O4/c1-14-9-10-18(29-2)21-15(14)7-5-11-26(21)19(27)12-25-13-24-20-16-6-3-4-8-17(16)30-22(20)23(25)28/h3-4,6,8-10,13H,5,7,11-12H2,1-2H3.